The van der Waals surface area contributed by atoms with Gasteiger partial charge < -0.3 is 0 Å². The summed E-state index contributed by atoms with van der Waals surface area (Å²) in [5.74, 6) is 0.664. The molecule has 1 saturated heterocycles. The Labute approximate surface area is 36.3 Å². The molecule has 2 heteroatoms. The summed E-state index contributed by atoms with van der Waals surface area (Å²) in [6.07, 6.45) is 2.86. The topological polar surface area (TPSA) is 25.1 Å². The molecule has 0 aliphatic carbocycles. The van der Waals surface area contributed by atoms with Gasteiger partial charge in [-0.05, 0) is 6.42 Å². The molecule has 1 rings (SSSR count). The van der Waals surface area contributed by atoms with E-state index >= 15 is 0 Å². The first kappa shape index (κ1) is 3.53. The summed E-state index contributed by atoms with van der Waals surface area (Å²) in [6.45, 7) is 2.03. The Hall–Kier alpha value is -0.660. The van der Waals surface area contributed by atoms with Gasteiger partial charge in [-0.3, -0.25) is 0 Å². The van der Waals surface area contributed by atoms with Crippen molar-refractivity contribution >= 4 is 0 Å². The molecular weight excluding hydrogens is 80.0 g/mol. The highest BCUT2D eigenvalue weighted by molar-refractivity contribution is 4.85. The van der Waals surface area contributed by atoms with Crippen molar-refractivity contribution in [1.29, 1.82) is 0 Å². The van der Waals surface area contributed by atoms with Crippen LogP contribution in [0.4, 0.5) is 0 Å². The fraction of sp³-hybridized carbons (Fsp3) is 0.500. The molecule has 0 unspecified atom stereocenters. The van der Waals surface area contributed by atoms with E-state index in [2.05, 4.69) is 9.78 Å². The van der Waals surface area contributed by atoms with Gasteiger partial charge in [0, 0.05) is 6.08 Å². The molecule has 0 N–H and O–H groups in total. The van der Waals surface area contributed by atoms with E-state index in [1.807, 2.05) is 13.0 Å². The van der Waals surface area contributed by atoms with Gasteiger partial charge in [-0.25, -0.2) is 9.78 Å². The highest BCUT2D eigenvalue weighted by Crippen LogP contribution is 2.16. The minimum Gasteiger partial charge on any atom is -0.243 e. The number of hydrogen-bond donors (Lipinski definition) is 0. The third-order valence-electron chi connectivity index (χ3n) is 0.550. The van der Waals surface area contributed by atoms with Crippen molar-refractivity contribution < 1.29 is 9.78 Å². The summed E-state index contributed by atoms with van der Waals surface area (Å²) in [6, 6.07) is 0. The first-order valence-corrected chi connectivity index (χ1v) is 1.98. The van der Waals surface area contributed by atoms with Gasteiger partial charge in [-0.15, -0.1) is 0 Å². The van der Waals surface area contributed by atoms with Gasteiger partial charge in [0.15, 0.2) is 0 Å². The molecule has 0 radical (unpaired) electrons. The van der Waals surface area contributed by atoms with Gasteiger partial charge in [0.05, 0.1) is 0 Å². The molecule has 1 heterocycles. The van der Waals surface area contributed by atoms with Crippen LogP contribution in [0, 0.1) is 0 Å². The minimum absolute atomic E-state index is 0.664. The van der Waals surface area contributed by atoms with Crippen molar-refractivity contribution in [3.63, 3.8) is 0 Å². The van der Waals surface area contributed by atoms with Crippen LogP contribution in [0.15, 0.2) is 12.0 Å². The standard InChI is InChI=1S/C4H6O2/c1-2-3-4-5-6-4/h3H,2H2,1H3. The first-order chi connectivity index (χ1) is 2.93. The van der Waals surface area contributed by atoms with Crippen LogP contribution in [0.5, 0.6) is 0 Å². The van der Waals surface area contributed by atoms with E-state index in [0.29, 0.717) is 5.95 Å². The molecule has 0 aromatic carbocycles. The van der Waals surface area contributed by atoms with Crippen molar-refractivity contribution in [1.82, 2.24) is 0 Å². The number of rotatable bonds is 1. The third-order valence-corrected chi connectivity index (χ3v) is 0.550. The van der Waals surface area contributed by atoms with E-state index in [0.717, 1.165) is 6.42 Å². The molecule has 0 bridgehead atoms. The maximum atomic E-state index is 4.31. The monoisotopic (exact) mass is 86.0 g/mol. The number of hydrogen-bond acceptors (Lipinski definition) is 2. The Morgan fingerprint density at radius 1 is 1.67 bits per heavy atom. The second-order valence-corrected chi connectivity index (χ2v) is 1.10. The molecule has 0 aromatic heterocycles. The molecular formula is C4H6O2. The molecule has 1 aliphatic heterocycles. The van der Waals surface area contributed by atoms with E-state index < -0.39 is 0 Å². The van der Waals surface area contributed by atoms with Crippen molar-refractivity contribution in [2.24, 2.45) is 0 Å². The molecule has 0 atom stereocenters. The van der Waals surface area contributed by atoms with E-state index in [9.17, 15) is 0 Å². The van der Waals surface area contributed by atoms with Gasteiger partial charge in [0.1, 0.15) is 0 Å². The summed E-state index contributed by atoms with van der Waals surface area (Å²) in [5.41, 5.74) is 0. The molecule has 6 heavy (non-hydrogen) atoms. The molecule has 34 valence electrons. The van der Waals surface area contributed by atoms with Crippen LogP contribution in [-0.4, -0.2) is 0 Å². The summed E-state index contributed by atoms with van der Waals surface area (Å²) < 4.78 is 0. The number of allylic oxidation sites excluding steroid dienone is 1. The van der Waals surface area contributed by atoms with Gasteiger partial charge in [-0.1, -0.05) is 6.92 Å². The van der Waals surface area contributed by atoms with Crippen molar-refractivity contribution in [2.45, 2.75) is 13.3 Å². The molecule has 0 spiro atoms. The average molecular weight is 86.1 g/mol. The molecule has 1 fully saturated rings. The van der Waals surface area contributed by atoms with E-state index in [4.69, 9.17) is 0 Å². The molecule has 0 saturated carbocycles. The van der Waals surface area contributed by atoms with Crippen LogP contribution in [-0.2, 0) is 9.78 Å². The lowest BCUT2D eigenvalue weighted by molar-refractivity contribution is 0.0850. The van der Waals surface area contributed by atoms with Crippen LogP contribution >= 0.6 is 0 Å². The fourth-order valence-corrected chi connectivity index (χ4v) is 0.259. The maximum absolute atomic E-state index is 4.31. The van der Waals surface area contributed by atoms with Gasteiger partial charge in [0.2, 0.25) is 0 Å². The predicted molar refractivity (Wildman–Crippen MR) is 20.5 cm³/mol. The first-order valence-electron chi connectivity index (χ1n) is 1.98. The van der Waals surface area contributed by atoms with Gasteiger partial charge >= 0.3 is 5.95 Å². The van der Waals surface area contributed by atoms with E-state index in [-0.39, 0.29) is 0 Å². The third kappa shape index (κ3) is 0.641. The maximum Gasteiger partial charge on any atom is 0.375 e. The van der Waals surface area contributed by atoms with Gasteiger partial charge in [0.25, 0.3) is 0 Å². The highest BCUT2D eigenvalue weighted by atomic mass is 17.4. The fourth-order valence-electron chi connectivity index (χ4n) is 0.259. The van der Waals surface area contributed by atoms with Crippen LogP contribution in [0.2, 0.25) is 0 Å². The van der Waals surface area contributed by atoms with Crippen LogP contribution in [0.3, 0.4) is 0 Å². The summed E-state index contributed by atoms with van der Waals surface area (Å²) in [7, 11) is 0. The predicted octanol–water partition coefficient (Wildman–Crippen LogP) is 1.20. The Morgan fingerprint density at radius 3 is 2.50 bits per heavy atom. The summed E-state index contributed by atoms with van der Waals surface area (Å²) >= 11 is 0. The second kappa shape index (κ2) is 1.20. The molecule has 0 aromatic rings. The van der Waals surface area contributed by atoms with Crippen LogP contribution < -0.4 is 0 Å². The highest BCUT2D eigenvalue weighted by Gasteiger charge is 2.14. The largest absolute Gasteiger partial charge is 0.375 e. The lowest BCUT2D eigenvalue weighted by Crippen LogP contribution is -1.47. The Bertz CT molecular complexity index is 69.6. The lowest BCUT2D eigenvalue weighted by Gasteiger charge is -1.58. The minimum atomic E-state index is 0.664. The lowest BCUT2D eigenvalue weighted by atomic mass is 10.5. The zero-order valence-corrected chi connectivity index (χ0v) is 3.60. The second-order valence-electron chi connectivity index (χ2n) is 1.10. The van der Waals surface area contributed by atoms with Crippen molar-refractivity contribution in [2.75, 3.05) is 0 Å². The smallest absolute Gasteiger partial charge is 0.243 e. The van der Waals surface area contributed by atoms with Crippen LogP contribution in [0.25, 0.3) is 0 Å². The molecule has 0 amide bonds. The molecule has 1 aliphatic rings. The van der Waals surface area contributed by atoms with Crippen molar-refractivity contribution in [3.05, 3.63) is 12.0 Å². The normalized spacial score (nSPS) is 15.2. The Morgan fingerprint density at radius 2 is 2.33 bits per heavy atom. The zero-order chi connectivity index (χ0) is 4.41. The van der Waals surface area contributed by atoms with E-state index in [1.165, 1.54) is 0 Å². The summed E-state index contributed by atoms with van der Waals surface area (Å²) in [4.78, 5) is 8.62. The Balaban J connectivity index is 2.24. The SMILES string of the molecule is CCC=C1OO1. The van der Waals surface area contributed by atoms with Crippen LogP contribution in [0.1, 0.15) is 13.3 Å². The van der Waals surface area contributed by atoms with E-state index in [1.54, 1.807) is 0 Å². The van der Waals surface area contributed by atoms with Crippen molar-refractivity contribution in [3.8, 4) is 0 Å². The zero-order valence-electron chi connectivity index (χ0n) is 3.60. The summed E-state index contributed by atoms with van der Waals surface area (Å²) in [5, 5.41) is 0. The quantitative estimate of drug-likeness (QED) is 0.354. The van der Waals surface area contributed by atoms with Gasteiger partial charge in [-0.2, -0.15) is 0 Å². The molecule has 2 nitrogen and oxygen atoms in total. The Kier molecular flexibility index (Phi) is 0.708. The average Bonchev–Trinajstić information content (AvgIpc) is 2.21.